The van der Waals surface area contributed by atoms with Crippen LogP contribution >= 0.6 is 0 Å². The molecule has 1 atom stereocenters. The third-order valence-corrected chi connectivity index (χ3v) is 3.71. The first-order chi connectivity index (χ1) is 8.81. The van der Waals surface area contributed by atoms with Crippen LogP contribution in [0.25, 0.3) is 11.0 Å². The third-order valence-electron chi connectivity index (χ3n) is 3.71. The van der Waals surface area contributed by atoms with E-state index in [1.54, 1.807) is 0 Å². The van der Waals surface area contributed by atoms with Gasteiger partial charge in [0.05, 0.1) is 11.0 Å². The zero-order chi connectivity index (χ0) is 13.0. The van der Waals surface area contributed by atoms with E-state index in [0.717, 1.165) is 11.9 Å². The summed E-state index contributed by atoms with van der Waals surface area (Å²) in [6.45, 7) is 6.75. The number of rotatable bonds is 6. The molecule has 98 valence electrons. The molecule has 0 aliphatic rings. The number of para-hydroxylation sites is 2. The first-order valence-corrected chi connectivity index (χ1v) is 7.27. The minimum atomic E-state index is 0.604. The Bertz CT molecular complexity index is 499. The van der Waals surface area contributed by atoms with Crippen LogP contribution in [0, 0.1) is 0 Å². The molecule has 2 aromatic rings. The summed E-state index contributed by atoms with van der Waals surface area (Å²) in [6.07, 6.45) is 6.03. The van der Waals surface area contributed by atoms with Gasteiger partial charge in [0.1, 0.15) is 5.82 Å². The van der Waals surface area contributed by atoms with Crippen LogP contribution in [0.1, 0.15) is 58.3 Å². The highest BCUT2D eigenvalue weighted by Crippen LogP contribution is 2.27. The van der Waals surface area contributed by atoms with Crippen molar-refractivity contribution in [1.82, 2.24) is 9.55 Å². The lowest BCUT2D eigenvalue weighted by molar-refractivity contribution is 0.434. The molecule has 0 aliphatic carbocycles. The summed E-state index contributed by atoms with van der Waals surface area (Å²) in [4.78, 5) is 4.77. The molecule has 0 aliphatic heterocycles. The molecule has 2 heteroatoms. The normalized spacial score (nSPS) is 13.1. The van der Waals surface area contributed by atoms with Crippen LogP contribution in [0.3, 0.4) is 0 Å². The third kappa shape index (κ3) is 2.43. The molecule has 2 rings (SSSR count). The Morgan fingerprint density at radius 2 is 1.94 bits per heavy atom. The number of benzene rings is 1. The second-order valence-electron chi connectivity index (χ2n) is 4.94. The van der Waals surface area contributed by atoms with Gasteiger partial charge in [0.25, 0.3) is 0 Å². The molecule has 0 bridgehead atoms. The van der Waals surface area contributed by atoms with Gasteiger partial charge in [-0.3, -0.25) is 0 Å². The standard InChI is InChI=1S/C16H24N2/c1-4-7-10-13(5-2)18-15-12-9-8-11-14(15)17-16(18)6-3/h8-9,11-13H,4-7,10H2,1-3H3. The Hall–Kier alpha value is -1.31. The molecule has 0 saturated heterocycles. The molecule has 1 heterocycles. The van der Waals surface area contributed by atoms with E-state index in [1.165, 1.54) is 37.0 Å². The second kappa shape index (κ2) is 6.03. The van der Waals surface area contributed by atoms with Gasteiger partial charge in [-0.15, -0.1) is 0 Å². The molecule has 0 N–H and O–H groups in total. The Kier molecular flexibility index (Phi) is 4.40. The number of imidazole rings is 1. The largest absolute Gasteiger partial charge is 0.325 e. The van der Waals surface area contributed by atoms with Gasteiger partial charge in [-0.05, 0) is 25.0 Å². The van der Waals surface area contributed by atoms with Crippen LogP contribution in [0.15, 0.2) is 24.3 Å². The molecule has 0 spiro atoms. The highest BCUT2D eigenvalue weighted by Gasteiger charge is 2.16. The van der Waals surface area contributed by atoms with Gasteiger partial charge in [0.15, 0.2) is 0 Å². The first kappa shape index (κ1) is 13.1. The smallest absolute Gasteiger partial charge is 0.109 e. The van der Waals surface area contributed by atoms with Crippen molar-refractivity contribution in [1.29, 1.82) is 0 Å². The number of nitrogens with zero attached hydrogens (tertiary/aromatic N) is 2. The summed E-state index contributed by atoms with van der Waals surface area (Å²) < 4.78 is 2.48. The van der Waals surface area contributed by atoms with Crippen LogP contribution in [-0.2, 0) is 6.42 Å². The van der Waals surface area contributed by atoms with Crippen LogP contribution in [0.4, 0.5) is 0 Å². The average molecular weight is 244 g/mol. The lowest BCUT2D eigenvalue weighted by atomic mass is 10.1. The SMILES string of the molecule is CCCCC(CC)n1c(CC)nc2ccccc21. The Balaban J connectivity index is 2.45. The number of aryl methyl sites for hydroxylation is 1. The van der Waals surface area contributed by atoms with E-state index in [1.807, 2.05) is 0 Å². The van der Waals surface area contributed by atoms with E-state index >= 15 is 0 Å². The fraction of sp³-hybridized carbons (Fsp3) is 0.562. The van der Waals surface area contributed by atoms with Crippen LogP contribution in [0.2, 0.25) is 0 Å². The van der Waals surface area contributed by atoms with Crippen molar-refractivity contribution < 1.29 is 0 Å². The first-order valence-electron chi connectivity index (χ1n) is 7.27. The Labute approximate surface area is 110 Å². The van der Waals surface area contributed by atoms with Gasteiger partial charge < -0.3 is 4.57 Å². The molecule has 0 fully saturated rings. The molecule has 1 unspecified atom stereocenters. The van der Waals surface area contributed by atoms with Crippen molar-refractivity contribution in [2.45, 2.75) is 58.9 Å². The van der Waals surface area contributed by atoms with Crippen molar-refractivity contribution in [3.05, 3.63) is 30.1 Å². The maximum atomic E-state index is 4.77. The Morgan fingerprint density at radius 1 is 1.17 bits per heavy atom. The topological polar surface area (TPSA) is 17.8 Å². The van der Waals surface area contributed by atoms with Crippen molar-refractivity contribution in [2.24, 2.45) is 0 Å². The zero-order valence-electron chi connectivity index (χ0n) is 11.8. The number of fused-ring (bicyclic) bond motifs is 1. The number of hydrogen-bond donors (Lipinski definition) is 0. The maximum absolute atomic E-state index is 4.77. The number of unbranched alkanes of at least 4 members (excludes halogenated alkanes) is 1. The molecule has 18 heavy (non-hydrogen) atoms. The van der Waals surface area contributed by atoms with E-state index in [0.29, 0.717) is 6.04 Å². The van der Waals surface area contributed by atoms with Gasteiger partial charge in [0, 0.05) is 12.5 Å². The highest BCUT2D eigenvalue weighted by atomic mass is 15.1. The summed E-state index contributed by atoms with van der Waals surface area (Å²) in [5.41, 5.74) is 2.45. The average Bonchev–Trinajstić information content (AvgIpc) is 2.79. The van der Waals surface area contributed by atoms with Crippen LogP contribution in [0.5, 0.6) is 0 Å². The molecule has 1 aromatic carbocycles. The van der Waals surface area contributed by atoms with E-state index in [4.69, 9.17) is 4.98 Å². The Morgan fingerprint density at radius 3 is 2.61 bits per heavy atom. The van der Waals surface area contributed by atoms with Crippen LogP contribution < -0.4 is 0 Å². The summed E-state index contributed by atoms with van der Waals surface area (Å²) in [5, 5.41) is 0. The molecule has 0 amide bonds. The number of aromatic nitrogens is 2. The van der Waals surface area contributed by atoms with E-state index < -0.39 is 0 Å². The van der Waals surface area contributed by atoms with Crippen molar-refractivity contribution in [3.63, 3.8) is 0 Å². The highest BCUT2D eigenvalue weighted by molar-refractivity contribution is 5.76. The predicted molar refractivity (Wildman–Crippen MR) is 78.0 cm³/mol. The molecule has 0 saturated carbocycles. The zero-order valence-corrected chi connectivity index (χ0v) is 11.8. The second-order valence-corrected chi connectivity index (χ2v) is 4.94. The van der Waals surface area contributed by atoms with E-state index in [2.05, 4.69) is 49.6 Å². The summed E-state index contributed by atoms with van der Waals surface area (Å²) in [6, 6.07) is 9.12. The lowest BCUT2D eigenvalue weighted by Gasteiger charge is -2.20. The van der Waals surface area contributed by atoms with Crippen molar-refractivity contribution in [2.75, 3.05) is 0 Å². The quantitative estimate of drug-likeness (QED) is 0.717. The van der Waals surface area contributed by atoms with E-state index in [9.17, 15) is 0 Å². The number of hydrogen-bond acceptors (Lipinski definition) is 1. The molecular weight excluding hydrogens is 220 g/mol. The summed E-state index contributed by atoms with van der Waals surface area (Å²) in [7, 11) is 0. The van der Waals surface area contributed by atoms with Gasteiger partial charge in [0.2, 0.25) is 0 Å². The molecular formula is C16H24N2. The van der Waals surface area contributed by atoms with Gasteiger partial charge in [-0.2, -0.15) is 0 Å². The maximum Gasteiger partial charge on any atom is 0.109 e. The van der Waals surface area contributed by atoms with Crippen LogP contribution in [-0.4, -0.2) is 9.55 Å². The molecule has 1 aromatic heterocycles. The summed E-state index contributed by atoms with van der Waals surface area (Å²) in [5.74, 6) is 1.24. The van der Waals surface area contributed by atoms with Crippen molar-refractivity contribution in [3.8, 4) is 0 Å². The van der Waals surface area contributed by atoms with Crippen molar-refractivity contribution >= 4 is 11.0 Å². The fourth-order valence-corrected chi connectivity index (χ4v) is 2.71. The van der Waals surface area contributed by atoms with Gasteiger partial charge >= 0.3 is 0 Å². The monoisotopic (exact) mass is 244 g/mol. The van der Waals surface area contributed by atoms with Gasteiger partial charge in [-0.25, -0.2) is 4.98 Å². The molecule has 0 radical (unpaired) electrons. The summed E-state index contributed by atoms with van der Waals surface area (Å²) >= 11 is 0. The minimum absolute atomic E-state index is 0.604. The predicted octanol–water partition coefficient (Wildman–Crippen LogP) is 4.74. The lowest BCUT2D eigenvalue weighted by Crippen LogP contribution is -2.11. The van der Waals surface area contributed by atoms with E-state index in [-0.39, 0.29) is 0 Å². The minimum Gasteiger partial charge on any atom is -0.325 e. The van der Waals surface area contributed by atoms with Gasteiger partial charge in [-0.1, -0.05) is 45.7 Å². The molecule has 2 nitrogen and oxygen atoms in total. The fourth-order valence-electron chi connectivity index (χ4n) is 2.71.